The summed E-state index contributed by atoms with van der Waals surface area (Å²) in [5.74, 6) is 0.101. The molecule has 0 unspecified atom stereocenters. The third-order valence-corrected chi connectivity index (χ3v) is 3.36. The van der Waals surface area contributed by atoms with Gasteiger partial charge < -0.3 is 20.5 Å². The zero-order chi connectivity index (χ0) is 17.5. The van der Waals surface area contributed by atoms with Crippen LogP contribution in [0.2, 0.25) is 0 Å². The topological polar surface area (TPSA) is 68.9 Å². The minimum absolute atomic E-state index is 0.000154. The predicted octanol–water partition coefficient (Wildman–Crippen LogP) is 2.95. The summed E-state index contributed by atoms with van der Waals surface area (Å²) in [5, 5.41) is 2.89. The van der Waals surface area contributed by atoms with Gasteiger partial charge in [-0.1, -0.05) is 6.07 Å². The average Bonchev–Trinajstić information content (AvgIpc) is 2.57. The van der Waals surface area contributed by atoms with Gasteiger partial charge in [0.2, 0.25) is 0 Å². The van der Waals surface area contributed by atoms with E-state index in [2.05, 4.69) is 10.3 Å². The van der Waals surface area contributed by atoms with Gasteiger partial charge in [0.05, 0.1) is 14.2 Å². The van der Waals surface area contributed by atoms with Crippen molar-refractivity contribution in [1.29, 1.82) is 0 Å². The number of benzene rings is 2. The molecule has 0 aliphatic rings. The van der Waals surface area contributed by atoms with Crippen molar-refractivity contribution in [2.24, 2.45) is 10.7 Å². The van der Waals surface area contributed by atoms with Crippen LogP contribution in [-0.2, 0) is 6.42 Å². The van der Waals surface area contributed by atoms with E-state index in [-0.39, 0.29) is 24.5 Å². The molecule has 24 heavy (non-hydrogen) atoms. The van der Waals surface area contributed by atoms with E-state index < -0.39 is 11.6 Å². The van der Waals surface area contributed by atoms with E-state index in [0.717, 1.165) is 0 Å². The van der Waals surface area contributed by atoms with E-state index in [0.29, 0.717) is 17.2 Å². The highest BCUT2D eigenvalue weighted by molar-refractivity contribution is 5.92. The quantitative estimate of drug-likeness (QED) is 0.629. The molecule has 0 fully saturated rings. The van der Waals surface area contributed by atoms with Crippen LogP contribution < -0.4 is 20.5 Å². The van der Waals surface area contributed by atoms with Crippen LogP contribution in [0.25, 0.3) is 0 Å². The van der Waals surface area contributed by atoms with Crippen molar-refractivity contribution in [1.82, 2.24) is 0 Å². The number of ether oxygens (including phenoxy) is 2. The van der Waals surface area contributed by atoms with Gasteiger partial charge in [0.15, 0.2) is 17.5 Å². The Kier molecular flexibility index (Phi) is 5.95. The average molecular weight is 335 g/mol. The van der Waals surface area contributed by atoms with Gasteiger partial charge in [0, 0.05) is 23.9 Å². The van der Waals surface area contributed by atoms with Crippen molar-refractivity contribution in [2.75, 3.05) is 26.1 Å². The van der Waals surface area contributed by atoms with Gasteiger partial charge in [0.25, 0.3) is 0 Å². The second-order valence-electron chi connectivity index (χ2n) is 4.91. The molecule has 0 bridgehead atoms. The Hall–Kier alpha value is -2.83. The number of aliphatic imine (C=N–C) groups is 1. The maximum Gasteiger partial charge on any atom is 0.193 e. The fourth-order valence-corrected chi connectivity index (χ4v) is 2.16. The molecule has 128 valence electrons. The van der Waals surface area contributed by atoms with Gasteiger partial charge in [-0.25, -0.2) is 8.78 Å². The maximum absolute atomic E-state index is 13.5. The van der Waals surface area contributed by atoms with Gasteiger partial charge in [0.1, 0.15) is 11.6 Å². The molecule has 0 amide bonds. The number of rotatable bonds is 6. The van der Waals surface area contributed by atoms with Crippen molar-refractivity contribution in [2.45, 2.75) is 6.42 Å². The summed E-state index contributed by atoms with van der Waals surface area (Å²) in [6.45, 7) is 0.157. The molecule has 0 spiro atoms. The minimum atomic E-state index is -0.586. The highest BCUT2D eigenvalue weighted by Gasteiger charge is 2.08. The lowest BCUT2D eigenvalue weighted by atomic mass is 10.1. The molecule has 0 heterocycles. The van der Waals surface area contributed by atoms with Crippen molar-refractivity contribution in [3.63, 3.8) is 0 Å². The summed E-state index contributed by atoms with van der Waals surface area (Å²) in [5.41, 5.74) is 6.45. The van der Waals surface area contributed by atoms with Crippen LogP contribution in [0.3, 0.4) is 0 Å². The smallest absolute Gasteiger partial charge is 0.193 e. The molecule has 2 aromatic carbocycles. The van der Waals surface area contributed by atoms with Crippen LogP contribution in [0.1, 0.15) is 5.56 Å². The third kappa shape index (κ3) is 4.34. The van der Waals surface area contributed by atoms with Gasteiger partial charge in [-0.05, 0) is 30.7 Å². The molecule has 7 heteroatoms. The second-order valence-corrected chi connectivity index (χ2v) is 4.91. The highest BCUT2D eigenvalue weighted by Crippen LogP contribution is 2.29. The summed E-state index contributed by atoms with van der Waals surface area (Å²) in [6, 6.07) is 8.94. The number of methoxy groups -OCH3 is 2. The van der Waals surface area contributed by atoms with Crippen LogP contribution in [-0.4, -0.2) is 26.7 Å². The first-order valence-corrected chi connectivity index (χ1v) is 7.27. The normalized spacial score (nSPS) is 11.2. The third-order valence-electron chi connectivity index (χ3n) is 3.36. The predicted molar refractivity (Wildman–Crippen MR) is 89.7 cm³/mol. The first-order valence-electron chi connectivity index (χ1n) is 7.27. The largest absolute Gasteiger partial charge is 0.493 e. The summed E-state index contributed by atoms with van der Waals surface area (Å²) in [6.07, 6.45) is 0.118. The monoisotopic (exact) mass is 335 g/mol. The van der Waals surface area contributed by atoms with Crippen molar-refractivity contribution in [3.05, 3.63) is 53.6 Å². The second kappa shape index (κ2) is 8.14. The first-order chi connectivity index (χ1) is 11.5. The lowest BCUT2D eigenvalue weighted by Crippen LogP contribution is -2.23. The highest BCUT2D eigenvalue weighted by atomic mass is 19.1. The van der Waals surface area contributed by atoms with Crippen LogP contribution in [0.5, 0.6) is 11.5 Å². The molecule has 5 nitrogen and oxygen atoms in total. The van der Waals surface area contributed by atoms with E-state index in [1.165, 1.54) is 25.3 Å². The molecule has 3 N–H and O–H groups in total. The van der Waals surface area contributed by atoms with E-state index >= 15 is 0 Å². The fraction of sp³-hybridized carbons (Fsp3) is 0.235. The van der Waals surface area contributed by atoms with Crippen molar-refractivity contribution >= 4 is 11.6 Å². The molecule has 0 radical (unpaired) electrons. The SMILES string of the molecule is COc1ccc(NC(N)=NCCc2c(F)cccc2F)cc1OC. The number of nitrogens with one attached hydrogen (secondary N) is 1. The number of nitrogens with zero attached hydrogens (tertiary/aromatic N) is 1. The number of hydrogen-bond acceptors (Lipinski definition) is 3. The van der Waals surface area contributed by atoms with Crippen LogP contribution in [0, 0.1) is 11.6 Å². The van der Waals surface area contributed by atoms with E-state index in [4.69, 9.17) is 15.2 Å². The first kappa shape index (κ1) is 17.5. The standard InChI is InChI=1S/C17H19F2N3O2/c1-23-15-7-6-11(10-16(15)24-2)22-17(20)21-9-8-12-13(18)4-3-5-14(12)19/h3-7,10H,8-9H2,1-2H3,(H3,20,21,22). The lowest BCUT2D eigenvalue weighted by Gasteiger charge is -2.11. The molecule has 0 aliphatic carbocycles. The van der Waals surface area contributed by atoms with Crippen molar-refractivity contribution in [3.8, 4) is 11.5 Å². The van der Waals surface area contributed by atoms with Gasteiger partial charge in [-0.3, -0.25) is 4.99 Å². The van der Waals surface area contributed by atoms with Crippen LogP contribution >= 0.6 is 0 Å². The molecule has 0 aromatic heterocycles. The summed E-state index contributed by atoms with van der Waals surface area (Å²) >= 11 is 0. The van der Waals surface area contributed by atoms with Crippen molar-refractivity contribution < 1.29 is 18.3 Å². The number of hydrogen-bond donors (Lipinski definition) is 2. The fourth-order valence-electron chi connectivity index (χ4n) is 2.16. The summed E-state index contributed by atoms with van der Waals surface area (Å²) < 4.78 is 37.4. The molecule has 0 aliphatic heterocycles. The Morgan fingerprint density at radius 1 is 1.08 bits per heavy atom. The van der Waals surface area contributed by atoms with Gasteiger partial charge >= 0.3 is 0 Å². The molecule has 2 rings (SSSR count). The zero-order valence-electron chi connectivity index (χ0n) is 13.5. The minimum Gasteiger partial charge on any atom is -0.493 e. The lowest BCUT2D eigenvalue weighted by molar-refractivity contribution is 0.355. The molecule has 2 aromatic rings. The van der Waals surface area contributed by atoms with Gasteiger partial charge in [-0.2, -0.15) is 0 Å². The Balaban J connectivity index is 1.99. The molecular weight excluding hydrogens is 316 g/mol. The Morgan fingerprint density at radius 2 is 1.75 bits per heavy atom. The van der Waals surface area contributed by atoms with E-state index in [9.17, 15) is 8.78 Å². The Labute approximate surface area is 139 Å². The van der Waals surface area contributed by atoms with E-state index in [1.54, 1.807) is 25.3 Å². The molecule has 0 atom stereocenters. The van der Waals surface area contributed by atoms with E-state index in [1.807, 2.05) is 0 Å². The van der Waals surface area contributed by atoms with Gasteiger partial charge in [-0.15, -0.1) is 0 Å². The molecule has 0 saturated heterocycles. The maximum atomic E-state index is 13.5. The number of halogens is 2. The molecule has 0 saturated carbocycles. The summed E-state index contributed by atoms with van der Waals surface area (Å²) in [4.78, 5) is 4.07. The van der Waals surface area contributed by atoms with Crippen LogP contribution in [0.15, 0.2) is 41.4 Å². The number of anilines is 1. The Morgan fingerprint density at radius 3 is 2.38 bits per heavy atom. The Bertz CT molecular complexity index is 716. The van der Waals surface area contributed by atoms with Crippen LogP contribution in [0.4, 0.5) is 14.5 Å². The summed E-state index contributed by atoms with van der Waals surface area (Å²) in [7, 11) is 3.07. The number of nitrogens with two attached hydrogens (primary N) is 1. The zero-order valence-corrected chi connectivity index (χ0v) is 13.5. The molecular formula is C17H19F2N3O2. The number of guanidine groups is 1.